The summed E-state index contributed by atoms with van der Waals surface area (Å²) in [6.07, 6.45) is 0. The molecule has 0 spiro atoms. The van der Waals surface area contributed by atoms with Crippen molar-refractivity contribution in [3.63, 3.8) is 0 Å². The summed E-state index contributed by atoms with van der Waals surface area (Å²) < 4.78 is 8.55. The van der Waals surface area contributed by atoms with Crippen molar-refractivity contribution >= 4 is 7.82 Å². The first kappa shape index (κ1) is 15.8. The molecule has 0 aromatic heterocycles. The first-order valence-electron chi connectivity index (χ1n) is 0.730. The summed E-state index contributed by atoms with van der Waals surface area (Å²) in [5, 5.41) is 0. The third kappa shape index (κ3) is 93.8. The van der Waals surface area contributed by atoms with Gasteiger partial charge >= 0.3 is 45.1 Å². The molecule has 0 aliphatic heterocycles. The summed E-state index contributed by atoms with van der Waals surface area (Å²) in [4.78, 5) is 25.6. The Bertz CT molecular complexity index is 57.8. The molecular formula is LiO4PZr+2. The molecule has 0 unspecified atom stereocenters. The fourth-order valence-electron chi connectivity index (χ4n) is 0. The number of hydrogen-bond acceptors (Lipinski definition) is 4. The van der Waals surface area contributed by atoms with E-state index in [1.165, 1.54) is 0 Å². The van der Waals surface area contributed by atoms with Gasteiger partial charge in [0, 0.05) is 0 Å². The van der Waals surface area contributed by atoms with Gasteiger partial charge in [-0.2, -0.15) is 7.82 Å². The maximum absolute atomic E-state index is 8.55. The molecule has 0 heterocycles. The van der Waals surface area contributed by atoms with Gasteiger partial charge in [0.1, 0.15) is 0 Å². The Morgan fingerprint density at radius 2 is 1.14 bits per heavy atom. The second-order valence-electron chi connectivity index (χ2n) is 0.447. The predicted octanol–water partition coefficient (Wildman–Crippen LogP) is -5.82. The molecule has 0 saturated heterocycles. The smallest absolute Gasteiger partial charge is 0.822 e. The summed E-state index contributed by atoms with van der Waals surface area (Å²) in [6.45, 7) is 0. The average Bonchev–Trinajstić information content (AvgIpc) is 0.722. The van der Waals surface area contributed by atoms with Gasteiger partial charge in [-0.25, -0.2) is 0 Å². The van der Waals surface area contributed by atoms with Gasteiger partial charge in [-0.15, -0.1) is 0 Å². The zero-order chi connectivity index (χ0) is 4.50. The molecule has 0 aromatic rings. The minimum atomic E-state index is -5.39. The van der Waals surface area contributed by atoms with E-state index in [2.05, 4.69) is 0 Å². The van der Waals surface area contributed by atoms with Gasteiger partial charge in [0.2, 0.25) is 0 Å². The van der Waals surface area contributed by atoms with Crippen LogP contribution in [0.15, 0.2) is 0 Å². The standard InChI is InChI=1S/Li.H3O4P.Zr/c;1-5(2,3)4;/h;(H3,1,2,3,4);/q+1;;+4/p-3. The van der Waals surface area contributed by atoms with Crippen molar-refractivity contribution in [1.29, 1.82) is 0 Å². The molecule has 4 nitrogen and oxygen atoms in total. The van der Waals surface area contributed by atoms with Crippen LogP contribution >= 0.6 is 7.82 Å². The molecule has 0 saturated carbocycles. The molecule has 0 radical (unpaired) electrons. The Morgan fingerprint density at radius 1 is 1.14 bits per heavy atom. The van der Waals surface area contributed by atoms with Crippen LogP contribution < -0.4 is 33.5 Å². The van der Waals surface area contributed by atoms with Crippen molar-refractivity contribution in [2.45, 2.75) is 0 Å². The van der Waals surface area contributed by atoms with Crippen LogP contribution in [0.3, 0.4) is 0 Å². The molecule has 0 aromatic carbocycles. The molecule has 0 bridgehead atoms. The van der Waals surface area contributed by atoms with Crippen LogP contribution in [0.5, 0.6) is 0 Å². The van der Waals surface area contributed by atoms with Crippen LogP contribution in [-0.2, 0) is 30.8 Å². The number of rotatable bonds is 0. The van der Waals surface area contributed by atoms with Crippen LogP contribution in [0.4, 0.5) is 0 Å². The van der Waals surface area contributed by atoms with E-state index in [0.717, 1.165) is 0 Å². The van der Waals surface area contributed by atoms with Gasteiger partial charge < -0.3 is 19.2 Å². The Labute approximate surface area is 71.9 Å². The Hall–Kier alpha value is 1.59. The topological polar surface area (TPSA) is 86.2 Å². The van der Waals surface area contributed by atoms with Crippen molar-refractivity contribution < 1.29 is 64.3 Å². The Kier molecular flexibility index (Phi) is 12.9. The third-order valence-corrected chi connectivity index (χ3v) is 0. The molecule has 7 heavy (non-hydrogen) atoms. The minimum Gasteiger partial charge on any atom is -0.822 e. The van der Waals surface area contributed by atoms with Crippen LogP contribution in [0.25, 0.3) is 0 Å². The monoisotopic (exact) mass is 192 g/mol. The van der Waals surface area contributed by atoms with Gasteiger partial charge in [0.25, 0.3) is 0 Å². The maximum Gasteiger partial charge on any atom is 4.00 e. The fourth-order valence-corrected chi connectivity index (χ4v) is 0. The molecule has 0 atom stereocenters. The van der Waals surface area contributed by atoms with Crippen molar-refractivity contribution in [2.24, 2.45) is 0 Å². The molecule has 0 aliphatic rings. The van der Waals surface area contributed by atoms with E-state index < -0.39 is 7.82 Å². The molecule has 7 heteroatoms. The van der Waals surface area contributed by atoms with Crippen LogP contribution in [0, 0.1) is 0 Å². The maximum atomic E-state index is 8.55. The zero-order valence-corrected chi connectivity index (χ0v) is 6.93. The van der Waals surface area contributed by atoms with Crippen LogP contribution in [0.2, 0.25) is 0 Å². The second-order valence-corrected chi connectivity index (χ2v) is 1.34. The summed E-state index contributed by atoms with van der Waals surface area (Å²) in [5.41, 5.74) is 0. The van der Waals surface area contributed by atoms with E-state index in [0.29, 0.717) is 0 Å². The van der Waals surface area contributed by atoms with Crippen molar-refractivity contribution in [2.75, 3.05) is 0 Å². The second kappa shape index (κ2) is 5.72. The summed E-state index contributed by atoms with van der Waals surface area (Å²) in [6, 6.07) is 0. The van der Waals surface area contributed by atoms with Crippen LogP contribution in [-0.4, -0.2) is 0 Å². The fraction of sp³-hybridized carbons (Fsp3) is 0. The van der Waals surface area contributed by atoms with Crippen molar-refractivity contribution in [1.82, 2.24) is 0 Å². The molecule has 32 valence electrons. The molecule has 0 aliphatic carbocycles. The molecule has 0 rings (SSSR count). The number of hydrogen-bond donors (Lipinski definition) is 0. The van der Waals surface area contributed by atoms with E-state index in [1.807, 2.05) is 0 Å². The Morgan fingerprint density at radius 3 is 1.14 bits per heavy atom. The van der Waals surface area contributed by atoms with E-state index in [1.54, 1.807) is 0 Å². The quantitative estimate of drug-likeness (QED) is 0.283. The Balaban J connectivity index is -0.0000000800. The van der Waals surface area contributed by atoms with Crippen molar-refractivity contribution in [3.8, 4) is 0 Å². The first-order valence-corrected chi connectivity index (χ1v) is 2.19. The SMILES string of the molecule is O=P([O-])([O-])[O-].[Li+].[Zr+4]. The molecule has 0 amide bonds. The number of phosphoric acid groups is 1. The summed E-state index contributed by atoms with van der Waals surface area (Å²) >= 11 is 0. The summed E-state index contributed by atoms with van der Waals surface area (Å²) in [7, 11) is -5.39. The van der Waals surface area contributed by atoms with Crippen LogP contribution in [0.1, 0.15) is 0 Å². The van der Waals surface area contributed by atoms with Gasteiger partial charge in [0.15, 0.2) is 0 Å². The van der Waals surface area contributed by atoms with Crippen molar-refractivity contribution in [3.05, 3.63) is 0 Å². The van der Waals surface area contributed by atoms with Gasteiger partial charge in [0.05, 0.1) is 0 Å². The average molecular weight is 193 g/mol. The molecule has 0 fully saturated rings. The van der Waals surface area contributed by atoms with E-state index in [9.17, 15) is 0 Å². The summed E-state index contributed by atoms with van der Waals surface area (Å²) in [5.74, 6) is 0. The van der Waals surface area contributed by atoms with E-state index in [4.69, 9.17) is 19.2 Å². The third-order valence-electron chi connectivity index (χ3n) is 0. The van der Waals surface area contributed by atoms with E-state index >= 15 is 0 Å². The molecule has 0 N–H and O–H groups in total. The van der Waals surface area contributed by atoms with Gasteiger partial charge in [-0.05, 0) is 0 Å². The van der Waals surface area contributed by atoms with E-state index in [-0.39, 0.29) is 45.1 Å². The largest absolute Gasteiger partial charge is 4.00 e. The first-order chi connectivity index (χ1) is 2.00. The zero-order valence-electron chi connectivity index (χ0n) is 3.58. The van der Waals surface area contributed by atoms with Gasteiger partial charge in [-0.1, -0.05) is 0 Å². The minimum absolute atomic E-state index is 0. The predicted molar refractivity (Wildman–Crippen MR) is 7.61 cm³/mol. The van der Waals surface area contributed by atoms with Gasteiger partial charge in [-0.3, -0.25) is 0 Å². The normalized spacial score (nSPS) is 8.43. The molecular weight excluding hydrogens is 193 g/mol.